The second-order valence-electron chi connectivity index (χ2n) is 3.63. The van der Waals surface area contributed by atoms with E-state index in [4.69, 9.17) is 23.8 Å². The van der Waals surface area contributed by atoms with E-state index in [9.17, 15) is 20.1 Å². The van der Waals surface area contributed by atoms with Crippen molar-refractivity contribution < 1.29 is 20.1 Å². The minimum atomic E-state index is -0.745. The Kier molecular flexibility index (Phi) is 2.60. The van der Waals surface area contributed by atoms with Crippen molar-refractivity contribution in [3.63, 3.8) is 0 Å². The van der Waals surface area contributed by atoms with Gasteiger partial charge in [0.05, 0.1) is 16.0 Å². The second kappa shape index (κ2) is 3.72. The number of rotatable bonds is 0. The Morgan fingerprint density at radius 2 is 1.82 bits per heavy atom. The molecule has 0 fully saturated rings. The molecule has 0 radical (unpaired) electrons. The van der Waals surface area contributed by atoms with Gasteiger partial charge in [-0.2, -0.15) is 0 Å². The van der Waals surface area contributed by atoms with E-state index >= 15 is 0 Å². The summed E-state index contributed by atoms with van der Waals surface area (Å²) in [5.41, 5.74) is 0.182. The van der Waals surface area contributed by atoms with Crippen molar-refractivity contribution in [2.24, 2.45) is 0 Å². The molecule has 0 bridgehead atoms. The smallest absolute Gasteiger partial charge is 0.219 e. The average molecular weight is 271 g/mol. The zero-order valence-corrected chi connectivity index (χ0v) is 10.2. The quantitative estimate of drug-likeness (QED) is 0.497. The predicted molar refractivity (Wildman–Crippen MR) is 66.6 cm³/mol. The van der Waals surface area contributed by atoms with Crippen molar-refractivity contribution in [3.8, 4) is 11.5 Å². The lowest BCUT2D eigenvalue weighted by Gasteiger charge is -2.19. The highest BCUT2D eigenvalue weighted by Gasteiger charge is 2.34. The molecule has 0 saturated heterocycles. The van der Waals surface area contributed by atoms with Gasteiger partial charge >= 0.3 is 0 Å². The lowest BCUT2D eigenvalue weighted by atomic mass is 9.91. The van der Waals surface area contributed by atoms with Crippen LogP contribution in [-0.2, 0) is 4.79 Å². The minimum absolute atomic E-state index is 0.0602. The summed E-state index contributed by atoms with van der Waals surface area (Å²) in [5, 5.41) is 28.8. The molecule has 17 heavy (non-hydrogen) atoms. The molecule has 4 nitrogen and oxygen atoms in total. The van der Waals surface area contributed by atoms with Crippen LogP contribution in [0.15, 0.2) is 11.1 Å². The third-order valence-electron chi connectivity index (χ3n) is 2.55. The molecule has 1 aliphatic carbocycles. The first-order valence-electron chi connectivity index (χ1n) is 4.60. The maximum Gasteiger partial charge on any atom is 0.219 e. The highest BCUT2D eigenvalue weighted by atomic mass is 35.5. The molecule has 0 spiro atoms. The molecule has 3 N–H and O–H groups in total. The van der Waals surface area contributed by atoms with Gasteiger partial charge in [0.1, 0.15) is 22.3 Å². The van der Waals surface area contributed by atoms with E-state index in [1.807, 2.05) is 0 Å². The molecule has 0 amide bonds. The monoisotopic (exact) mass is 270 g/mol. The van der Waals surface area contributed by atoms with Gasteiger partial charge < -0.3 is 15.3 Å². The number of benzene rings is 1. The first kappa shape index (κ1) is 11.9. The topological polar surface area (TPSA) is 77.8 Å². The Bertz CT molecular complexity index is 604. The molecule has 0 heterocycles. The summed E-state index contributed by atoms with van der Waals surface area (Å²) in [6.45, 7) is 1.54. The summed E-state index contributed by atoms with van der Waals surface area (Å²) < 4.78 is 0. The molecule has 0 saturated carbocycles. The number of aliphatic hydroxyl groups excluding tert-OH is 1. The van der Waals surface area contributed by atoms with Crippen molar-refractivity contribution in [2.75, 3.05) is 0 Å². The molecule has 0 atom stereocenters. The fourth-order valence-corrected chi connectivity index (χ4v) is 2.23. The molecule has 0 aliphatic heterocycles. The number of ketones is 1. The first-order chi connectivity index (χ1) is 7.86. The first-order valence-corrected chi connectivity index (χ1v) is 5.38. The number of hydrogen-bond acceptors (Lipinski definition) is 5. The number of hydrogen-bond donors (Lipinski definition) is 3. The van der Waals surface area contributed by atoms with Gasteiger partial charge in [-0.1, -0.05) is 23.8 Å². The lowest BCUT2D eigenvalue weighted by Crippen LogP contribution is -2.21. The summed E-state index contributed by atoms with van der Waals surface area (Å²) in [5.74, 6) is -1.85. The molecule has 6 heteroatoms. The molecule has 0 aromatic heterocycles. The molecule has 1 aromatic rings. The average Bonchev–Trinajstić information content (AvgIpc) is 2.28. The third-order valence-corrected chi connectivity index (χ3v) is 3.29. The largest absolute Gasteiger partial charge is 0.507 e. The zero-order valence-electron chi connectivity index (χ0n) is 8.61. The SMILES string of the molecule is Cc1cc(O)c2c(c1O)C(O)=C(Cl)C(=O)C2=S. The van der Waals surface area contributed by atoms with Crippen LogP contribution in [0.25, 0.3) is 5.76 Å². The van der Waals surface area contributed by atoms with Gasteiger partial charge in [-0.25, -0.2) is 0 Å². The van der Waals surface area contributed by atoms with Crippen LogP contribution in [0.4, 0.5) is 0 Å². The van der Waals surface area contributed by atoms with E-state index in [1.54, 1.807) is 0 Å². The summed E-state index contributed by atoms with van der Waals surface area (Å²) in [4.78, 5) is 11.3. The molecule has 1 aromatic carbocycles. The van der Waals surface area contributed by atoms with Crippen LogP contribution in [0.3, 0.4) is 0 Å². The number of fused-ring (bicyclic) bond motifs is 1. The van der Waals surface area contributed by atoms with Crippen LogP contribution in [0.1, 0.15) is 16.7 Å². The Balaban J connectivity index is 2.95. The number of aliphatic hydroxyl groups is 1. The zero-order chi connectivity index (χ0) is 12.9. The van der Waals surface area contributed by atoms with Crippen LogP contribution >= 0.6 is 23.8 Å². The van der Waals surface area contributed by atoms with Gasteiger partial charge in [0.15, 0.2) is 0 Å². The Morgan fingerprint density at radius 1 is 1.24 bits per heavy atom. The van der Waals surface area contributed by atoms with E-state index in [0.717, 1.165) is 0 Å². The Morgan fingerprint density at radius 3 is 2.41 bits per heavy atom. The maximum atomic E-state index is 11.6. The normalized spacial score (nSPS) is 15.2. The number of halogens is 1. The fraction of sp³-hybridized carbons (Fsp3) is 0.0909. The van der Waals surface area contributed by atoms with Gasteiger partial charge in [-0.3, -0.25) is 4.79 Å². The molecular weight excluding hydrogens is 264 g/mol. The van der Waals surface area contributed by atoms with E-state index < -0.39 is 16.6 Å². The highest BCUT2D eigenvalue weighted by Crippen LogP contribution is 2.41. The van der Waals surface area contributed by atoms with Crippen LogP contribution in [0.2, 0.25) is 0 Å². The second-order valence-corrected chi connectivity index (χ2v) is 4.42. The number of Topliss-reactive ketones (excluding diaryl/α,β-unsaturated/α-hetero) is 1. The molecule has 0 unspecified atom stereocenters. The maximum absolute atomic E-state index is 11.6. The van der Waals surface area contributed by atoms with Crippen molar-refractivity contribution in [1.82, 2.24) is 0 Å². The summed E-state index contributed by atoms with van der Waals surface area (Å²) in [7, 11) is 0. The highest BCUT2D eigenvalue weighted by molar-refractivity contribution is 7.82. The van der Waals surface area contributed by atoms with E-state index in [0.29, 0.717) is 5.56 Å². The van der Waals surface area contributed by atoms with Crippen molar-refractivity contribution >= 4 is 40.2 Å². The molecular formula is C11H7ClO4S. The summed E-state index contributed by atoms with van der Waals surface area (Å²) in [6.07, 6.45) is 0. The van der Waals surface area contributed by atoms with Gasteiger partial charge in [0.25, 0.3) is 0 Å². The number of aryl methyl sites for hydroxylation is 1. The van der Waals surface area contributed by atoms with E-state index in [1.165, 1.54) is 13.0 Å². The molecule has 1 aliphatic rings. The van der Waals surface area contributed by atoms with Crippen LogP contribution < -0.4 is 0 Å². The number of phenols is 2. The Labute approximate surface area is 107 Å². The number of thiocarbonyl (C=S) groups is 1. The number of aromatic hydroxyl groups is 2. The number of carbonyl (C=O) groups excluding carboxylic acids is 1. The summed E-state index contributed by atoms with van der Waals surface area (Å²) >= 11 is 10.5. The van der Waals surface area contributed by atoms with Crippen molar-refractivity contribution in [3.05, 3.63) is 27.8 Å². The number of phenolic OH excluding ortho intramolecular Hbond substituents is 2. The van der Waals surface area contributed by atoms with Crippen LogP contribution in [0, 0.1) is 6.92 Å². The van der Waals surface area contributed by atoms with Crippen molar-refractivity contribution in [1.29, 1.82) is 0 Å². The van der Waals surface area contributed by atoms with E-state index in [-0.39, 0.29) is 27.5 Å². The van der Waals surface area contributed by atoms with Gasteiger partial charge in [0.2, 0.25) is 5.78 Å². The third kappa shape index (κ3) is 1.50. The van der Waals surface area contributed by atoms with Crippen LogP contribution in [0.5, 0.6) is 11.5 Å². The molecule has 88 valence electrons. The van der Waals surface area contributed by atoms with E-state index in [2.05, 4.69) is 0 Å². The minimum Gasteiger partial charge on any atom is -0.507 e. The van der Waals surface area contributed by atoms with Gasteiger partial charge in [0, 0.05) is 0 Å². The van der Waals surface area contributed by atoms with Gasteiger partial charge in [-0.15, -0.1) is 0 Å². The standard InChI is InChI=1S/C11H7ClO4S/c1-3-2-4(13)5-6(8(3)14)9(15)7(12)10(16)11(5)17/h2,13-15H,1H3. The number of allylic oxidation sites excluding steroid dienone is 1. The molecule has 2 rings (SSSR count). The van der Waals surface area contributed by atoms with Crippen LogP contribution in [-0.4, -0.2) is 26.0 Å². The fourth-order valence-electron chi connectivity index (χ4n) is 1.68. The lowest BCUT2D eigenvalue weighted by molar-refractivity contribution is -0.109. The Hall–Kier alpha value is -1.59. The number of carbonyl (C=O) groups is 1. The van der Waals surface area contributed by atoms with Crippen molar-refractivity contribution in [2.45, 2.75) is 6.92 Å². The summed E-state index contributed by atoms with van der Waals surface area (Å²) in [6, 6.07) is 1.26. The predicted octanol–water partition coefficient (Wildman–Crippen LogP) is 2.17. The van der Waals surface area contributed by atoms with Gasteiger partial charge in [-0.05, 0) is 18.6 Å².